The maximum Gasteiger partial charge on any atom is 0.325 e. The molecule has 1 atom stereocenters. The third-order valence-electron chi connectivity index (χ3n) is 2.55. The van der Waals surface area contributed by atoms with Crippen molar-refractivity contribution in [3.8, 4) is 5.75 Å². The van der Waals surface area contributed by atoms with Crippen LogP contribution in [0.25, 0.3) is 0 Å². The van der Waals surface area contributed by atoms with Gasteiger partial charge in [-0.3, -0.25) is 4.79 Å². The minimum Gasteiger partial charge on any atom is -0.492 e. The van der Waals surface area contributed by atoms with Crippen LogP contribution in [0, 0.1) is 0 Å². The summed E-state index contributed by atoms with van der Waals surface area (Å²) in [6.07, 6.45) is 0. The first-order valence-corrected chi connectivity index (χ1v) is 7.46. The molecule has 7 nitrogen and oxygen atoms in total. The first-order chi connectivity index (χ1) is 9.36. The molecule has 0 saturated carbocycles. The Labute approximate surface area is 118 Å². The van der Waals surface area contributed by atoms with Crippen LogP contribution < -0.4 is 15.2 Å². The molecule has 112 valence electrons. The molecule has 3 N–H and O–H groups in total. The molecular formula is C12H18N2O5S. The summed E-state index contributed by atoms with van der Waals surface area (Å²) in [6, 6.07) is 6.72. The summed E-state index contributed by atoms with van der Waals surface area (Å²) in [6.45, 7) is 1.44. The average Bonchev–Trinajstić information content (AvgIpc) is 2.43. The highest BCUT2D eigenvalue weighted by Gasteiger charge is 2.28. The number of hydrogen-bond donors (Lipinski definition) is 2. The van der Waals surface area contributed by atoms with E-state index in [-0.39, 0.29) is 13.2 Å². The van der Waals surface area contributed by atoms with Gasteiger partial charge in [0.1, 0.15) is 12.4 Å². The largest absolute Gasteiger partial charge is 0.492 e. The van der Waals surface area contributed by atoms with Crippen LogP contribution >= 0.6 is 0 Å². The second-order valence-corrected chi connectivity index (χ2v) is 6.11. The van der Waals surface area contributed by atoms with Crippen molar-refractivity contribution in [3.05, 3.63) is 24.3 Å². The molecular weight excluding hydrogens is 284 g/mol. The Bertz CT molecular complexity index is 541. The summed E-state index contributed by atoms with van der Waals surface area (Å²) in [4.78, 5) is 11.2. The fourth-order valence-corrected chi connectivity index (χ4v) is 2.30. The number of rotatable bonds is 7. The molecule has 0 fully saturated rings. The molecule has 0 aliphatic heterocycles. The average molecular weight is 302 g/mol. The van der Waals surface area contributed by atoms with Crippen molar-refractivity contribution in [2.24, 2.45) is 0 Å². The van der Waals surface area contributed by atoms with E-state index in [1.54, 1.807) is 24.3 Å². The topological polar surface area (TPSA) is 108 Å². The number of nitrogens with one attached hydrogen (secondary N) is 1. The molecule has 1 aromatic carbocycles. The van der Waals surface area contributed by atoms with Crippen molar-refractivity contribution in [2.75, 3.05) is 26.0 Å². The lowest BCUT2D eigenvalue weighted by Crippen LogP contribution is -2.39. The molecule has 1 unspecified atom stereocenters. The third-order valence-corrected chi connectivity index (χ3v) is 4.28. The van der Waals surface area contributed by atoms with E-state index in [1.165, 1.54) is 6.92 Å². The predicted octanol–water partition coefficient (Wildman–Crippen LogP) is 0.129. The second kappa shape index (κ2) is 7.11. The Balaban J connectivity index is 2.40. The quantitative estimate of drug-likeness (QED) is 0.421. The Morgan fingerprint density at radius 3 is 2.50 bits per heavy atom. The molecule has 0 aliphatic carbocycles. The zero-order valence-electron chi connectivity index (χ0n) is 11.3. The Morgan fingerprint density at radius 2 is 1.95 bits per heavy atom. The number of esters is 1. The van der Waals surface area contributed by atoms with Gasteiger partial charge in [-0.2, -0.15) is 0 Å². The summed E-state index contributed by atoms with van der Waals surface area (Å²) in [5, 5.41) is -1.26. The first kappa shape index (κ1) is 16.3. The number of benzene rings is 1. The molecule has 0 radical (unpaired) electrons. The molecule has 0 saturated heterocycles. The fraction of sp³-hybridized carbons (Fsp3) is 0.417. The fourth-order valence-electron chi connectivity index (χ4n) is 1.33. The van der Waals surface area contributed by atoms with Crippen molar-refractivity contribution in [2.45, 2.75) is 12.2 Å². The molecule has 0 aromatic heterocycles. The number of carbonyl (C=O) groups excluding carboxylic acids is 1. The van der Waals surface area contributed by atoms with E-state index < -0.39 is 21.2 Å². The first-order valence-electron chi connectivity index (χ1n) is 5.91. The van der Waals surface area contributed by atoms with E-state index in [0.717, 1.165) is 7.11 Å². The van der Waals surface area contributed by atoms with Gasteiger partial charge in [-0.15, -0.1) is 0 Å². The van der Waals surface area contributed by atoms with Gasteiger partial charge >= 0.3 is 5.97 Å². The molecule has 0 spiro atoms. The van der Waals surface area contributed by atoms with Gasteiger partial charge < -0.3 is 15.2 Å². The molecule has 8 heteroatoms. The van der Waals surface area contributed by atoms with Gasteiger partial charge in [0.05, 0.1) is 7.11 Å². The van der Waals surface area contributed by atoms with E-state index >= 15 is 0 Å². The van der Waals surface area contributed by atoms with Gasteiger partial charge in [0.25, 0.3) is 0 Å². The number of nitrogen functional groups attached to an aromatic ring is 1. The summed E-state index contributed by atoms with van der Waals surface area (Å²) in [5.41, 5.74) is 6.14. The highest BCUT2D eigenvalue weighted by atomic mass is 32.2. The normalized spacial score (nSPS) is 12.7. The Kier molecular flexibility index (Phi) is 5.78. The van der Waals surface area contributed by atoms with E-state index in [1.807, 2.05) is 0 Å². The van der Waals surface area contributed by atoms with Crippen molar-refractivity contribution in [1.29, 1.82) is 0 Å². The summed E-state index contributed by atoms with van der Waals surface area (Å²) >= 11 is 0. The van der Waals surface area contributed by atoms with Crippen molar-refractivity contribution >= 4 is 21.7 Å². The molecule has 20 heavy (non-hydrogen) atoms. The van der Waals surface area contributed by atoms with E-state index in [9.17, 15) is 13.2 Å². The van der Waals surface area contributed by atoms with E-state index in [4.69, 9.17) is 10.5 Å². The molecule has 0 heterocycles. The lowest BCUT2D eigenvalue weighted by atomic mass is 10.3. The van der Waals surface area contributed by atoms with Crippen LogP contribution in [-0.2, 0) is 19.6 Å². The summed E-state index contributed by atoms with van der Waals surface area (Å²) in [7, 11) is -2.62. The standard InChI is InChI=1S/C12H18N2O5S/c1-9(12(15)18-2)20(16,17)14-7-8-19-11-5-3-10(13)4-6-11/h3-6,9,14H,7-8,13H2,1-2H3. The Morgan fingerprint density at radius 1 is 1.35 bits per heavy atom. The van der Waals surface area contributed by atoms with Crippen LogP contribution in [0.5, 0.6) is 5.75 Å². The summed E-state index contributed by atoms with van der Waals surface area (Å²) in [5.74, 6) is -0.226. The van der Waals surface area contributed by atoms with Crippen molar-refractivity contribution < 1.29 is 22.7 Å². The van der Waals surface area contributed by atoms with Crippen LogP contribution in [0.4, 0.5) is 5.69 Å². The number of ether oxygens (including phenoxy) is 2. The minimum absolute atomic E-state index is 0.0496. The highest BCUT2D eigenvalue weighted by Crippen LogP contribution is 2.12. The third kappa shape index (κ3) is 4.71. The monoisotopic (exact) mass is 302 g/mol. The SMILES string of the molecule is COC(=O)C(C)S(=O)(=O)NCCOc1ccc(N)cc1. The highest BCUT2D eigenvalue weighted by molar-refractivity contribution is 7.90. The van der Waals surface area contributed by atoms with Crippen LogP contribution in [0.2, 0.25) is 0 Å². The van der Waals surface area contributed by atoms with Gasteiger partial charge in [0.15, 0.2) is 5.25 Å². The van der Waals surface area contributed by atoms with Crippen LogP contribution in [0.15, 0.2) is 24.3 Å². The number of methoxy groups -OCH3 is 1. The van der Waals surface area contributed by atoms with Crippen molar-refractivity contribution in [1.82, 2.24) is 4.72 Å². The number of carbonyl (C=O) groups is 1. The van der Waals surface area contributed by atoms with Gasteiger partial charge in [-0.25, -0.2) is 13.1 Å². The minimum atomic E-state index is -3.76. The second-order valence-electron chi connectivity index (χ2n) is 4.02. The van der Waals surface area contributed by atoms with Gasteiger partial charge in [-0.05, 0) is 31.2 Å². The lowest BCUT2D eigenvalue weighted by molar-refractivity contribution is -0.139. The van der Waals surface area contributed by atoms with Crippen LogP contribution in [0.3, 0.4) is 0 Å². The lowest BCUT2D eigenvalue weighted by Gasteiger charge is -2.12. The molecule has 1 rings (SSSR count). The molecule has 1 aromatic rings. The number of anilines is 1. The number of sulfonamides is 1. The van der Waals surface area contributed by atoms with Gasteiger partial charge in [-0.1, -0.05) is 0 Å². The van der Waals surface area contributed by atoms with Gasteiger partial charge in [0.2, 0.25) is 10.0 Å². The maximum atomic E-state index is 11.7. The molecule has 0 aliphatic rings. The zero-order chi connectivity index (χ0) is 15.2. The Hall–Kier alpha value is -1.80. The molecule has 0 amide bonds. The van der Waals surface area contributed by atoms with E-state index in [2.05, 4.69) is 9.46 Å². The van der Waals surface area contributed by atoms with Crippen molar-refractivity contribution in [3.63, 3.8) is 0 Å². The predicted molar refractivity (Wildman–Crippen MR) is 74.7 cm³/mol. The zero-order valence-corrected chi connectivity index (χ0v) is 12.1. The number of hydrogen-bond acceptors (Lipinski definition) is 6. The van der Waals surface area contributed by atoms with Gasteiger partial charge in [0, 0.05) is 12.2 Å². The summed E-state index contributed by atoms with van der Waals surface area (Å²) < 4.78 is 35.4. The molecule has 0 bridgehead atoms. The number of nitrogens with two attached hydrogens (primary N) is 1. The van der Waals surface area contributed by atoms with Crippen LogP contribution in [-0.4, -0.2) is 39.9 Å². The smallest absolute Gasteiger partial charge is 0.325 e. The maximum absolute atomic E-state index is 11.7. The van der Waals surface area contributed by atoms with Crippen LogP contribution in [0.1, 0.15) is 6.92 Å². The van der Waals surface area contributed by atoms with E-state index in [0.29, 0.717) is 11.4 Å².